The smallest absolute Gasteiger partial charge is 0.339 e. The van der Waals surface area contributed by atoms with Crippen molar-refractivity contribution in [1.82, 2.24) is 5.43 Å². The summed E-state index contributed by atoms with van der Waals surface area (Å²) in [6.45, 7) is 2.51. The molecule has 0 bridgehead atoms. The summed E-state index contributed by atoms with van der Waals surface area (Å²) in [5.41, 5.74) is 3.95. The van der Waals surface area contributed by atoms with E-state index in [1.807, 2.05) is 4.90 Å². The molecule has 142 valence electrons. The number of urea groups is 1. The number of rotatable bonds is 5. The molecule has 0 unspecified atom stereocenters. The molecular weight excluding hydrogens is 351 g/mol. The zero-order valence-electron chi connectivity index (χ0n) is 14.9. The minimum atomic E-state index is -0.527. The molecular formula is C19H21FN4O3. The summed E-state index contributed by atoms with van der Waals surface area (Å²) < 4.78 is 24.8. The van der Waals surface area contributed by atoms with Gasteiger partial charge in [0.25, 0.3) is 0 Å². The van der Waals surface area contributed by atoms with Gasteiger partial charge in [0.2, 0.25) is 0 Å². The highest BCUT2D eigenvalue weighted by Gasteiger charge is 2.15. The number of nitrogens with zero attached hydrogens (tertiary/aromatic N) is 2. The van der Waals surface area contributed by atoms with E-state index in [4.69, 9.17) is 9.47 Å². The Hall–Kier alpha value is -3.13. The van der Waals surface area contributed by atoms with Crippen LogP contribution in [0.3, 0.4) is 0 Å². The van der Waals surface area contributed by atoms with Crippen LogP contribution in [0.1, 0.15) is 5.56 Å². The summed E-state index contributed by atoms with van der Waals surface area (Å²) in [6.07, 6.45) is 1.38. The molecule has 1 aliphatic rings. The Morgan fingerprint density at radius 1 is 1.26 bits per heavy atom. The number of para-hydroxylation sites is 2. The lowest BCUT2D eigenvalue weighted by atomic mass is 10.2. The van der Waals surface area contributed by atoms with Gasteiger partial charge in [0.15, 0.2) is 0 Å². The Labute approximate surface area is 156 Å². The minimum absolute atomic E-state index is 0.334. The molecule has 2 aromatic carbocycles. The average Bonchev–Trinajstić information content (AvgIpc) is 2.69. The highest BCUT2D eigenvalue weighted by atomic mass is 19.1. The molecule has 0 radical (unpaired) electrons. The first-order chi connectivity index (χ1) is 13.2. The van der Waals surface area contributed by atoms with Crippen LogP contribution in [0.5, 0.6) is 5.75 Å². The zero-order valence-corrected chi connectivity index (χ0v) is 14.9. The molecule has 0 atom stereocenters. The lowest BCUT2D eigenvalue weighted by Gasteiger charge is -2.29. The van der Waals surface area contributed by atoms with Gasteiger partial charge in [-0.3, -0.25) is 0 Å². The summed E-state index contributed by atoms with van der Waals surface area (Å²) >= 11 is 0. The predicted molar refractivity (Wildman–Crippen MR) is 102 cm³/mol. The fourth-order valence-corrected chi connectivity index (χ4v) is 2.73. The lowest BCUT2D eigenvalue weighted by molar-refractivity contribution is 0.122. The van der Waals surface area contributed by atoms with Gasteiger partial charge < -0.3 is 19.7 Å². The van der Waals surface area contributed by atoms with Crippen molar-refractivity contribution < 1.29 is 18.7 Å². The number of hydrogen-bond donors (Lipinski definition) is 2. The van der Waals surface area contributed by atoms with E-state index in [2.05, 4.69) is 15.8 Å². The minimum Gasteiger partial charge on any atom is -0.495 e. The summed E-state index contributed by atoms with van der Waals surface area (Å²) in [7, 11) is 1.52. The number of halogens is 1. The molecule has 3 rings (SSSR count). The summed E-state index contributed by atoms with van der Waals surface area (Å²) in [6, 6.07) is 11.3. The number of ether oxygens (including phenoxy) is 2. The van der Waals surface area contributed by atoms with Crippen molar-refractivity contribution in [2.75, 3.05) is 43.6 Å². The van der Waals surface area contributed by atoms with Gasteiger partial charge in [-0.1, -0.05) is 18.2 Å². The Bertz CT molecular complexity index is 822. The SMILES string of the molecule is COc1ccccc1NC(=O)N/N=C/c1ccc(N2CCOCC2)c(F)c1. The van der Waals surface area contributed by atoms with Gasteiger partial charge in [-0.05, 0) is 29.8 Å². The van der Waals surface area contributed by atoms with Crippen LogP contribution in [-0.4, -0.2) is 45.7 Å². The normalized spacial score (nSPS) is 14.2. The molecule has 1 fully saturated rings. The van der Waals surface area contributed by atoms with Gasteiger partial charge in [0, 0.05) is 13.1 Å². The fraction of sp³-hybridized carbons (Fsp3) is 0.263. The van der Waals surface area contributed by atoms with Gasteiger partial charge in [-0.15, -0.1) is 0 Å². The van der Waals surface area contributed by atoms with E-state index in [0.29, 0.717) is 49.0 Å². The summed E-state index contributed by atoms with van der Waals surface area (Å²) in [5, 5.41) is 6.48. The molecule has 1 saturated heterocycles. The molecule has 0 aliphatic carbocycles. The maximum atomic E-state index is 14.3. The van der Waals surface area contributed by atoms with Crippen molar-refractivity contribution >= 4 is 23.6 Å². The third-order valence-corrected chi connectivity index (χ3v) is 4.06. The molecule has 2 aromatic rings. The lowest BCUT2D eigenvalue weighted by Crippen LogP contribution is -2.36. The van der Waals surface area contributed by atoms with E-state index in [1.165, 1.54) is 19.4 Å². The van der Waals surface area contributed by atoms with Crippen molar-refractivity contribution in [2.45, 2.75) is 0 Å². The van der Waals surface area contributed by atoms with Crippen LogP contribution in [0.25, 0.3) is 0 Å². The molecule has 1 aliphatic heterocycles. The van der Waals surface area contributed by atoms with Gasteiger partial charge in [-0.2, -0.15) is 5.10 Å². The van der Waals surface area contributed by atoms with Crippen molar-refractivity contribution in [1.29, 1.82) is 0 Å². The van der Waals surface area contributed by atoms with Crippen LogP contribution in [0, 0.1) is 5.82 Å². The number of anilines is 2. The van der Waals surface area contributed by atoms with Crippen molar-refractivity contribution in [3.05, 3.63) is 53.8 Å². The number of hydrogen-bond acceptors (Lipinski definition) is 5. The van der Waals surface area contributed by atoms with Gasteiger partial charge in [0.1, 0.15) is 11.6 Å². The third-order valence-electron chi connectivity index (χ3n) is 4.06. The Morgan fingerprint density at radius 3 is 2.78 bits per heavy atom. The largest absolute Gasteiger partial charge is 0.495 e. The molecule has 8 heteroatoms. The van der Waals surface area contributed by atoms with Crippen LogP contribution in [0.4, 0.5) is 20.6 Å². The van der Waals surface area contributed by atoms with E-state index < -0.39 is 6.03 Å². The quantitative estimate of drug-likeness (QED) is 0.625. The van der Waals surface area contributed by atoms with Crippen LogP contribution in [-0.2, 0) is 4.74 Å². The predicted octanol–water partition coefficient (Wildman–Crippen LogP) is 2.83. The Kier molecular flexibility index (Phi) is 6.22. The Balaban J connectivity index is 1.57. The first-order valence-electron chi connectivity index (χ1n) is 8.52. The second-order valence-corrected chi connectivity index (χ2v) is 5.83. The average molecular weight is 372 g/mol. The first-order valence-corrected chi connectivity index (χ1v) is 8.52. The van der Waals surface area contributed by atoms with Crippen molar-refractivity contribution in [2.24, 2.45) is 5.10 Å². The topological polar surface area (TPSA) is 75.2 Å². The molecule has 1 heterocycles. The Morgan fingerprint density at radius 2 is 2.04 bits per heavy atom. The molecule has 2 amide bonds. The van der Waals surface area contributed by atoms with Crippen molar-refractivity contribution in [3.8, 4) is 5.75 Å². The number of carbonyl (C=O) groups excluding carboxylic acids is 1. The highest BCUT2D eigenvalue weighted by Crippen LogP contribution is 2.23. The van der Waals surface area contributed by atoms with Crippen LogP contribution < -0.4 is 20.4 Å². The molecule has 0 aromatic heterocycles. The molecule has 7 nitrogen and oxygen atoms in total. The van der Waals surface area contributed by atoms with Crippen LogP contribution in [0.2, 0.25) is 0 Å². The maximum absolute atomic E-state index is 14.3. The number of methoxy groups -OCH3 is 1. The zero-order chi connectivity index (χ0) is 19.1. The van der Waals surface area contributed by atoms with Crippen molar-refractivity contribution in [3.63, 3.8) is 0 Å². The van der Waals surface area contributed by atoms with E-state index in [0.717, 1.165) is 0 Å². The standard InChI is InChI=1S/C19H21FN4O3/c1-26-18-5-3-2-4-16(18)22-19(25)23-21-13-14-6-7-17(15(20)12-14)24-8-10-27-11-9-24/h2-7,12-13H,8-11H2,1H3,(H2,22,23,25)/b21-13+. The number of amides is 2. The molecule has 0 spiro atoms. The van der Waals surface area contributed by atoms with Crippen LogP contribution in [0.15, 0.2) is 47.6 Å². The third kappa shape index (κ3) is 4.95. The van der Waals surface area contributed by atoms with E-state index in [9.17, 15) is 9.18 Å². The van der Waals surface area contributed by atoms with E-state index in [-0.39, 0.29) is 5.82 Å². The maximum Gasteiger partial charge on any atom is 0.339 e. The highest BCUT2D eigenvalue weighted by molar-refractivity contribution is 5.91. The first kappa shape index (κ1) is 18.7. The summed E-state index contributed by atoms with van der Waals surface area (Å²) in [5.74, 6) is 0.205. The van der Waals surface area contributed by atoms with E-state index in [1.54, 1.807) is 36.4 Å². The number of benzene rings is 2. The molecule has 27 heavy (non-hydrogen) atoms. The van der Waals surface area contributed by atoms with E-state index >= 15 is 0 Å². The number of nitrogens with one attached hydrogen (secondary N) is 2. The molecule has 0 saturated carbocycles. The number of carbonyl (C=O) groups is 1. The second kappa shape index (κ2) is 9.00. The fourth-order valence-electron chi connectivity index (χ4n) is 2.73. The molecule has 2 N–H and O–H groups in total. The number of hydrazone groups is 1. The van der Waals surface area contributed by atoms with Gasteiger partial charge >= 0.3 is 6.03 Å². The van der Waals surface area contributed by atoms with Crippen LogP contribution >= 0.6 is 0 Å². The monoisotopic (exact) mass is 372 g/mol. The number of morpholine rings is 1. The summed E-state index contributed by atoms with van der Waals surface area (Å²) in [4.78, 5) is 13.9. The van der Waals surface area contributed by atoms with Gasteiger partial charge in [-0.25, -0.2) is 14.6 Å². The van der Waals surface area contributed by atoms with Gasteiger partial charge in [0.05, 0.1) is 37.9 Å². The second-order valence-electron chi connectivity index (χ2n) is 5.83.